The third-order valence-corrected chi connectivity index (χ3v) is 4.76. The van der Waals surface area contributed by atoms with Crippen molar-refractivity contribution in [3.63, 3.8) is 0 Å². The summed E-state index contributed by atoms with van der Waals surface area (Å²) in [7, 11) is 3.15. The lowest BCUT2D eigenvalue weighted by molar-refractivity contribution is 0.0950. The van der Waals surface area contributed by atoms with Crippen LogP contribution in [0, 0.1) is 0 Å². The molecular formula is C21H26N2O3. The first-order valence-electron chi connectivity index (χ1n) is 9.00. The van der Waals surface area contributed by atoms with Gasteiger partial charge in [-0.2, -0.15) is 0 Å². The zero-order chi connectivity index (χ0) is 18.4. The number of nitrogens with one attached hydrogen (secondary N) is 1. The number of rotatable bonds is 7. The molecule has 1 aliphatic heterocycles. The molecule has 1 N–H and O–H groups in total. The van der Waals surface area contributed by atoms with Crippen LogP contribution in [0.25, 0.3) is 0 Å². The van der Waals surface area contributed by atoms with Crippen LogP contribution >= 0.6 is 0 Å². The van der Waals surface area contributed by atoms with Crippen molar-refractivity contribution in [1.29, 1.82) is 0 Å². The third kappa shape index (κ3) is 4.55. The van der Waals surface area contributed by atoms with Crippen LogP contribution in [0.15, 0.2) is 42.5 Å². The highest BCUT2D eigenvalue weighted by molar-refractivity contribution is 5.95. The van der Waals surface area contributed by atoms with Crippen LogP contribution in [-0.4, -0.2) is 44.7 Å². The maximum absolute atomic E-state index is 12.4. The van der Waals surface area contributed by atoms with Gasteiger partial charge in [0, 0.05) is 37.8 Å². The van der Waals surface area contributed by atoms with Crippen molar-refractivity contribution in [3.8, 4) is 11.5 Å². The Morgan fingerprint density at radius 1 is 1.08 bits per heavy atom. The van der Waals surface area contributed by atoms with Crippen molar-refractivity contribution < 1.29 is 14.3 Å². The van der Waals surface area contributed by atoms with E-state index >= 15 is 0 Å². The standard InChI is InChI=1S/C21H26N2O3/c1-25-19-12-18(13-20(14-19)26-2)21(24)22-9-5-10-23-11-8-16-6-3-4-7-17(16)15-23/h3-4,6-7,12-14H,5,8-11,15H2,1-2H3,(H,22,24). The Morgan fingerprint density at radius 3 is 2.46 bits per heavy atom. The van der Waals surface area contributed by atoms with Crippen LogP contribution in [0.1, 0.15) is 27.9 Å². The van der Waals surface area contributed by atoms with Gasteiger partial charge in [0.1, 0.15) is 11.5 Å². The molecule has 0 aliphatic carbocycles. The molecule has 0 fully saturated rings. The molecule has 2 aromatic carbocycles. The van der Waals surface area contributed by atoms with Gasteiger partial charge in [-0.25, -0.2) is 0 Å². The molecule has 0 bridgehead atoms. The quantitative estimate of drug-likeness (QED) is 0.777. The molecule has 0 unspecified atom stereocenters. The Labute approximate surface area is 154 Å². The summed E-state index contributed by atoms with van der Waals surface area (Å²) in [4.78, 5) is 14.8. The van der Waals surface area contributed by atoms with Crippen molar-refractivity contribution in [2.45, 2.75) is 19.4 Å². The minimum atomic E-state index is -0.105. The lowest BCUT2D eigenvalue weighted by Gasteiger charge is -2.28. The minimum Gasteiger partial charge on any atom is -0.497 e. The Bertz CT molecular complexity index is 738. The Kier molecular flexibility index (Phi) is 6.12. The molecule has 0 aromatic heterocycles. The van der Waals surface area contributed by atoms with Crippen molar-refractivity contribution in [2.24, 2.45) is 0 Å². The largest absolute Gasteiger partial charge is 0.497 e. The molecule has 5 nitrogen and oxygen atoms in total. The van der Waals surface area contributed by atoms with E-state index in [1.54, 1.807) is 32.4 Å². The van der Waals surface area contributed by atoms with Crippen molar-refractivity contribution in [1.82, 2.24) is 10.2 Å². The number of nitrogens with zero attached hydrogens (tertiary/aromatic N) is 1. The molecule has 2 aromatic rings. The summed E-state index contributed by atoms with van der Waals surface area (Å²) >= 11 is 0. The summed E-state index contributed by atoms with van der Waals surface area (Å²) in [6.45, 7) is 3.71. The zero-order valence-corrected chi connectivity index (χ0v) is 15.5. The smallest absolute Gasteiger partial charge is 0.251 e. The number of amides is 1. The lowest BCUT2D eigenvalue weighted by atomic mass is 10.00. The van der Waals surface area contributed by atoms with Gasteiger partial charge < -0.3 is 14.8 Å². The van der Waals surface area contributed by atoms with Crippen LogP contribution in [0.5, 0.6) is 11.5 Å². The first kappa shape index (κ1) is 18.3. The number of fused-ring (bicyclic) bond motifs is 1. The first-order valence-corrected chi connectivity index (χ1v) is 9.00. The molecule has 1 amide bonds. The van der Waals surface area contributed by atoms with Gasteiger partial charge in [-0.05, 0) is 36.1 Å². The first-order chi connectivity index (χ1) is 12.7. The number of hydrogen-bond acceptors (Lipinski definition) is 4. The lowest BCUT2D eigenvalue weighted by Crippen LogP contribution is -2.33. The Balaban J connectivity index is 1.46. The summed E-state index contributed by atoms with van der Waals surface area (Å²) < 4.78 is 10.4. The minimum absolute atomic E-state index is 0.105. The van der Waals surface area contributed by atoms with E-state index in [0.717, 1.165) is 32.5 Å². The number of methoxy groups -OCH3 is 2. The van der Waals surface area contributed by atoms with Gasteiger partial charge in [0.05, 0.1) is 14.2 Å². The molecule has 5 heteroatoms. The van der Waals surface area contributed by atoms with E-state index in [9.17, 15) is 4.79 Å². The predicted octanol–water partition coefficient (Wildman–Crippen LogP) is 2.88. The van der Waals surface area contributed by atoms with E-state index < -0.39 is 0 Å². The fraction of sp³-hybridized carbons (Fsp3) is 0.381. The number of carbonyl (C=O) groups excluding carboxylic acids is 1. The molecule has 3 rings (SSSR count). The van der Waals surface area contributed by atoms with E-state index in [-0.39, 0.29) is 5.91 Å². The second-order valence-corrected chi connectivity index (χ2v) is 6.51. The molecule has 0 saturated carbocycles. The summed E-state index contributed by atoms with van der Waals surface area (Å²) in [6.07, 6.45) is 2.03. The van der Waals surface area contributed by atoms with Crippen LogP contribution in [0.4, 0.5) is 0 Å². The van der Waals surface area contributed by atoms with E-state index in [1.807, 2.05) is 0 Å². The highest BCUT2D eigenvalue weighted by Gasteiger charge is 2.15. The number of carbonyl (C=O) groups is 1. The maximum Gasteiger partial charge on any atom is 0.251 e. The van der Waals surface area contributed by atoms with E-state index in [0.29, 0.717) is 23.6 Å². The molecule has 0 spiro atoms. The SMILES string of the molecule is COc1cc(OC)cc(C(=O)NCCCN2CCc3ccccc3C2)c1. The van der Waals surface area contributed by atoms with E-state index in [4.69, 9.17) is 9.47 Å². The van der Waals surface area contributed by atoms with Gasteiger partial charge in [-0.15, -0.1) is 0 Å². The molecule has 0 radical (unpaired) electrons. The highest BCUT2D eigenvalue weighted by atomic mass is 16.5. The van der Waals surface area contributed by atoms with E-state index in [2.05, 4.69) is 34.5 Å². The summed E-state index contributed by atoms with van der Waals surface area (Å²) in [5.41, 5.74) is 3.43. The van der Waals surface area contributed by atoms with Crippen molar-refractivity contribution in [2.75, 3.05) is 33.9 Å². The fourth-order valence-electron chi connectivity index (χ4n) is 3.29. The Hall–Kier alpha value is -2.53. The van der Waals surface area contributed by atoms with Gasteiger partial charge in [0.25, 0.3) is 5.91 Å². The van der Waals surface area contributed by atoms with Crippen LogP contribution in [0.2, 0.25) is 0 Å². The molecule has 0 atom stereocenters. The fourth-order valence-corrected chi connectivity index (χ4v) is 3.29. The third-order valence-electron chi connectivity index (χ3n) is 4.76. The average Bonchev–Trinajstić information content (AvgIpc) is 2.70. The van der Waals surface area contributed by atoms with Gasteiger partial charge in [-0.1, -0.05) is 24.3 Å². The summed E-state index contributed by atoms with van der Waals surface area (Å²) in [5, 5.41) is 2.98. The topological polar surface area (TPSA) is 50.8 Å². The number of hydrogen-bond donors (Lipinski definition) is 1. The van der Waals surface area contributed by atoms with Gasteiger partial charge >= 0.3 is 0 Å². The monoisotopic (exact) mass is 354 g/mol. The highest BCUT2D eigenvalue weighted by Crippen LogP contribution is 2.22. The molecule has 1 aliphatic rings. The van der Waals surface area contributed by atoms with Crippen LogP contribution in [-0.2, 0) is 13.0 Å². The second-order valence-electron chi connectivity index (χ2n) is 6.51. The number of benzene rings is 2. The second kappa shape index (κ2) is 8.72. The van der Waals surface area contributed by atoms with Crippen molar-refractivity contribution >= 4 is 5.91 Å². The normalized spacial score (nSPS) is 13.8. The molecule has 26 heavy (non-hydrogen) atoms. The summed E-state index contributed by atoms with van der Waals surface area (Å²) in [6, 6.07) is 13.8. The number of ether oxygens (including phenoxy) is 2. The van der Waals surface area contributed by atoms with Gasteiger partial charge in [0.2, 0.25) is 0 Å². The van der Waals surface area contributed by atoms with Crippen LogP contribution < -0.4 is 14.8 Å². The van der Waals surface area contributed by atoms with Gasteiger partial charge in [-0.3, -0.25) is 9.69 Å². The molecular weight excluding hydrogens is 328 g/mol. The summed E-state index contributed by atoms with van der Waals surface area (Å²) in [5.74, 6) is 1.12. The molecule has 1 heterocycles. The average molecular weight is 354 g/mol. The predicted molar refractivity (Wildman–Crippen MR) is 102 cm³/mol. The van der Waals surface area contributed by atoms with Crippen LogP contribution in [0.3, 0.4) is 0 Å². The van der Waals surface area contributed by atoms with E-state index in [1.165, 1.54) is 11.1 Å². The molecule has 0 saturated heterocycles. The van der Waals surface area contributed by atoms with Crippen molar-refractivity contribution in [3.05, 3.63) is 59.2 Å². The Morgan fingerprint density at radius 2 is 1.77 bits per heavy atom. The van der Waals surface area contributed by atoms with Gasteiger partial charge in [0.15, 0.2) is 0 Å². The molecule has 138 valence electrons. The maximum atomic E-state index is 12.4. The zero-order valence-electron chi connectivity index (χ0n) is 15.5.